The highest BCUT2D eigenvalue weighted by molar-refractivity contribution is 5.92. The lowest BCUT2D eigenvalue weighted by Crippen LogP contribution is -2.22. The first-order valence-corrected chi connectivity index (χ1v) is 4.88. The predicted octanol–water partition coefficient (Wildman–Crippen LogP) is 0.748. The molecular formula is C9H12F2N4O3. The van der Waals surface area contributed by atoms with Crippen LogP contribution in [0.5, 0.6) is 0 Å². The summed E-state index contributed by atoms with van der Waals surface area (Å²) in [5.74, 6) is -0.536. The first-order chi connectivity index (χ1) is 8.32. The maximum absolute atomic E-state index is 12.6. The number of nitrogens with one attached hydrogen (secondary N) is 1. The van der Waals surface area contributed by atoms with Gasteiger partial charge in [0.1, 0.15) is 0 Å². The van der Waals surface area contributed by atoms with Gasteiger partial charge in [-0.1, -0.05) is 0 Å². The van der Waals surface area contributed by atoms with Gasteiger partial charge in [0.2, 0.25) is 0 Å². The Bertz CT molecular complexity index is 459. The van der Waals surface area contributed by atoms with Crippen molar-refractivity contribution < 1.29 is 23.5 Å². The quantitative estimate of drug-likeness (QED) is 0.838. The number of hydrogen-bond acceptors (Lipinski definition) is 3. The average molecular weight is 262 g/mol. The summed E-state index contributed by atoms with van der Waals surface area (Å²) in [7, 11) is 2.91. The topological polar surface area (TPSA) is 87.5 Å². The van der Waals surface area contributed by atoms with Gasteiger partial charge in [-0.15, -0.1) is 0 Å². The Labute approximate surface area is 101 Å². The van der Waals surface area contributed by atoms with Crippen LogP contribution in [0.3, 0.4) is 0 Å². The van der Waals surface area contributed by atoms with Crippen molar-refractivity contribution in [2.24, 2.45) is 0 Å². The Hall–Kier alpha value is -2.19. The van der Waals surface area contributed by atoms with Crippen molar-refractivity contribution in [3.63, 3.8) is 0 Å². The van der Waals surface area contributed by atoms with Crippen LogP contribution < -0.4 is 5.32 Å². The van der Waals surface area contributed by atoms with E-state index in [4.69, 9.17) is 5.11 Å². The van der Waals surface area contributed by atoms with E-state index >= 15 is 0 Å². The van der Waals surface area contributed by atoms with Gasteiger partial charge in [-0.25, -0.2) is 9.48 Å². The summed E-state index contributed by atoms with van der Waals surface area (Å²) >= 11 is 0. The number of amides is 2. The molecule has 0 fully saturated rings. The second kappa shape index (κ2) is 5.43. The molecule has 1 aromatic rings. The van der Waals surface area contributed by atoms with Crippen molar-refractivity contribution in [2.45, 2.75) is 13.1 Å². The Morgan fingerprint density at radius 2 is 2.17 bits per heavy atom. The van der Waals surface area contributed by atoms with Gasteiger partial charge < -0.3 is 15.3 Å². The van der Waals surface area contributed by atoms with Crippen LogP contribution in [0.15, 0.2) is 6.07 Å². The molecule has 9 heteroatoms. The Kier molecular flexibility index (Phi) is 4.18. The number of carbonyl (C=O) groups excluding carboxylic acids is 1. The number of alkyl halides is 2. The Balaban J connectivity index is 3.01. The number of nitrogens with zero attached hydrogens (tertiary/aromatic N) is 3. The second-order valence-electron chi connectivity index (χ2n) is 3.60. The molecule has 0 bridgehead atoms. The molecule has 0 saturated heterocycles. The molecule has 0 radical (unpaired) electrons. The zero-order chi connectivity index (χ0) is 13.9. The maximum atomic E-state index is 12.6. The molecule has 18 heavy (non-hydrogen) atoms. The molecule has 7 nitrogen and oxygen atoms in total. The highest BCUT2D eigenvalue weighted by Crippen LogP contribution is 2.15. The van der Waals surface area contributed by atoms with E-state index in [0.29, 0.717) is 4.68 Å². The van der Waals surface area contributed by atoms with Crippen LogP contribution in [-0.4, -0.2) is 45.9 Å². The summed E-state index contributed by atoms with van der Waals surface area (Å²) in [6.07, 6.45) is -1.35. The van der Waals surface area contributed by atoms with Gasteiger partial charge in [0, 0.05) is 14.1 Å². The van der Waals surface area contributed by atoms with E-state index in [0.717, 1.165) is 6.07 Å². The number of carbonyl (C=O) groups is 2. The molecule has 1 heterocycles. The zero-order valence-corrected chi connectivity index (χ0v) is 9.72. The minimum atomic E-state index is -2.95. The first-order valence-electron chi connectivity index (χ1n) is 4.88. The molecule has 2 N–H and O–H groups in total. The van der Waals surface area contributed by atoms with Gasteiger partial charge in [-0.3, -0.25) is 4.79 Å². The third kappa shape index (κ3) is 3.15. The van der Waals surface area contributed by atoms with Crippen LogP contribution in [0, 0.1) is 0 Å². The van der Waals surface area contributed by atoms with Crippen LogP contribution in [0.25, 0.3) is 0 Å². The van der Waals surface area contributed by atoms with Crippen molar-refractivity contribution in [2.75, 3.05) is 14.1 Å². The minimum absolute atomic E-state index is 0.0856. The molecule has 1 rings (SSSR count). The lowest BCUT2D eigenvalue weighted by molar-refractivity contribution is 0.0521. The summed E-state index contributed by atoms with van der Waals surface area (Å²) in [6, 6.07) is 1.13. The largest absolute Gasteiger partial charge is 0.465 e. The molecular weight excluding hydrogens is 250 g/mol. The van der Waals surface area contributed by atoms with Crippen LogP contribution >= 0.6 is 0 Å². The third-order valence-corrected chi connectivity index (χ3v) is 2.04. The predicted molar refractivity (Wildman–Crippen MR) is 56.4 cm³/mol. The number of carboxylic acid groups (broad SMARTS) is 1. The van der Waals surface area contributed by atoms with Gasteiger partial charge in [0.05, 0.1) is 12.2 Å². The monoisotopic (exact) mass is 262 g/mol. The van der Waals surface area contributed by atoms with E-state index < -0.39 is 18.5 Å². The molecule has 2 amide bonds. The normalized spacial score (nSPS) is 10.5. The van der Waals surface area contributed by atoms with Gasteiger partial charge >= 0.3 is 12.6 Å². The highest BCUT2D eigenvalue weighted by Gasteiger charge is 2.20. The number of rotatable bonds is 4. The average Bonchev–Trinajstić information content (AvgIpc) is 2.69. The fourth-order valence-electron chi connectivity index (χ4n) is 1.23. The van der Waals surface area contributed by atoms with Crippen molar-refractivity contribution >= 4 is 12.0 Å². The smallest absolute Gasteiger partial charge is 0.404 e. The lowest BCUT2D eigenvalue weighted by Gasteiger charge is -2.06. The summed E-state index contributed by atoms with van der Waals surface area (Å²) < 4.78 is 25.6. The number of hydrogen-bond donors (Lipinski definition) is 2. The fraction of sp³-hybridized carbons (Fsp3) is 0.444. The molecule has 0 spiro atoms. The summed E-state index contributed by atoms with van der Waals surface area (Å²) in [6.45, 7) is -3.30. The van der Waals surface area contributed by atoms with E-state index in [-0.39, 0.29) is 17.9 Å². The van der Waals surface area contributed by atoms with Gasteiger partial charge in [0.15, 0.2) is 5.69 Å². The van der Waals surface area contributed by atoms with Crippen molar-refractivity contribution in [1.82, 2.24) is 20.0 Å². The van der Waals surface area contributed by atoms with E-state index in [1.165, 1.54) is 19.0 Å². The van der Waals surface area contributed by atoms with E-state index in [9.17, 15) is 18.4 Å². The summed E-state index contributed by atoms with van der Waals surface area (Å²) in [5.41, 5.74) is -0.250. The maximum Gasteiger partial charge on any atom is 0.404 e. The van der Waals surface area contributed by atoms with Crippen LogP contribution in [-0.2, 0) is 6.54 Å². The third-order valence-electron chi connectivity index (χ3n) is 2.04. The second-order valence-corrected chi connectivity index (χ2v) is 3.60. The van der Waals surface area contributed by atoms with E-state index in [2.05, 4.69) is 5.10 Å². The zero-order valence-electron chi connectivity index (χ0n) is 9.72. The molecule has 0 unspecified atom stereocenters. The molecule has 0 aliphatic rings. The summed E-state index contributed by atoms with van der Waals surface area (Å²) in [4.78, 5) is 23.0. The van der Waals surface area contributed by atoms with Crippen LogP contribution in [0.4, 0.5) is 13.6 Å². The van der Waals surface area contributed by atoms with E-state index in [1.54, 1.807) is 0 Å². The van der Waals surface area contributed by atoms with Crippen LogP contribution in [0.2, 0.25) is 0 Å². The van der Waals surface area contributed by atoms with Gasteiger partial charge in [-0.05, 0) is 6.07 Å². The summed E-state index contributed by atoms with van der Waals surface area (Å²) in [5, 5.41) is 13.8. The molecule has 0 saturated carbocycles. The van der Waals surface area contributed by atoms with Crippen LogP contribution in [0.1, 0.15) is 22.7 Å². The molecule has 0 aliphatic carbocycles. The van der Waals surface area contributed by atoms with Crippen molar-refractivity contribution in [1.29, 1.82) is 0 Å². The van der Waals surface area contributed by atoms with Crippen molar-refractivity contribution in [3.8, 4) is 0 Å². The molecule has 0 aliphatic heterocycles. The standard InChI is InChI=1S/C9H12F2N4O3/c1-14(2)7(16)6-3-5(4-12-9(17)18)15(13-6)8(10)11/h3,8,12H,4H2,1-2H3,(H,17,18). The van der Waals surface area contributed by atoms with E-state index in [1.807, 2.05) is 5.32 Å². The van der Waals surface area contributed by atoms with Gasteiger partial charge in [0.25, 0.3) is 5.91 Å². The first kappa shape index (κ1) is 13.9. The highest BCUT2D eigenvalue weighted by atomic mass is 19.3. The SMILES string of the molecule is CN(C)C(=O)c1cc(CNC(=O)O)n(C(F)F)n1. The lowest BCUT2D eigenvalue weighted by atomic mass is 10.3. The van der Waals surface area contributed by atoms with Gasteiger partial charge in [-0.2, -0.15) is 13.9 Å². The van der Waals surface area contributed by atoms with Crippen molar-refractivity contribution in [3.05, 3.63) is 17.5 Å². The Morgan fingerprint density at radius 3 is 2.61 bits per heavy atom. The number of aromatic nitrogens is 2. The number of halogens is 2. The Morgan fingerprint density at radius 1 is 1.56 bits per heavy atom. The molecule has 0 atom stereocenters. The molecule has 100 valence electrons. The minimum Gasteiger partial charge on any atom is -0.465 e. The molecule has 0 aromatic carbocycles. The fourth-order valence-corrected chi connectivity index (χ4v) is 1.23. The molecule has 1 aromatic heterocycles.